The van der Waals surface area contributed by atoms with E-state index < -0.39 is 0 Å². The molecule has 0 radical (unpaired) electrons. The predicted octanol–water partition coefficient (Wildman–Crippen LogP) is 2.43. The molecule has 2 aromatic heterocycles. The highest BCUT2D eigenvalue weighted by molar-refractivity contribution is 9.10. The highest BCUT2D eigenvalue weighted by Gasteiger charge is 2.14. The topological polar surface area (TPSA) is 86.2 Å². The molecule has 0 aliphatic heterocycles. The minimum Gasteiger partial charge on any atom is -0.395 e. The molecule has 3 rings (SSSR count). The summed E-state index contributed by atoms with van der Waals surface area (Å²) in [6.07, 6.45) is 1.80. The van der Waals surface area contributed by atoms with Crippen LogP contribution >= 0.6 is 15.9 Å². The first kappa shape index (κ1) is 14.5. The molecule has 0 atom stereocenters. The summed E-state index contributed by atoms with van der Waals surface area (Å²) in [6, 6.07) is 11.2. The van der Waals surface area contributed by atoms with Gasteiger partial charge in [0.15, 0.2) is 5.65 Å². The van der Waals surface area contributed by atoms with Crippen molar-refractivity contribution < 1.29 is 5.11 Å². The second-order valence-corrected chi connectivity index (χ2v) is 5.38. The maximum Gasteiger partial charge on any atom is 0.172 e. The zero-order valence-electron chi connectivity index (χ0n) is 11.5. The summed E-state index contributed by atoms with van der Waals surface area (Å²) >= 11 is 3.53. The Morgan fingerprint density at radius 1 is 1.36 bits per heavy atom. The Labute approximate surface area is 135 Å². The van der Waals surface area contributed by atoms with Crippen LogP contribution in [0.4, 0.5) is 5.82 Å². The SMILES string of the molecule is N#Cc1cccc(-c2nn3ccc(NCCO)nc3c2Br)c1. The lowest BCUT2D eigenvalue weighted by Gasteiger charge is -2.02. The van der Waals surface area contributed by atoms with Gasteiger partial charge in [-0.15, -0.1) is 0 Å². The van der Waals surface area contributed by atoms with Crippen molar-refractivity contribution in [2.45, 2.75) is 0 Å². The van der Waals surface area contributed by atoms with Crippen molar-refractivity contribution in [1.29, 1.82) is 5.26 Å². The normalized spacial score (nSPS) is 10.6. The highest BCUT2D eigenvalue weighted by atomic mass is 79.9. The number of aliphatic hydroxyl groups excluding tert-OH is 1. The summed E-state index contributed by atoms with van der Waals surface area (Å²) in [5, 5.41) is 25.4. The fraction of sp³-hybridized carbons (Fsp3) is 0.133. The first-order valence-electron chi connectivity index (χ1n) is 6.63. The Hall–Kier alpha value is -2.43. The number of hydrogen-bond acceptors (Lipinski definition) is 5. The van der Waals surface area contributed by atoms with Crippen LogP contribution in [0.25, 0.3) is 16.9 Å². The standard InChI is InChI=1S/C15H12BrN5O/c16-13-14(11-3-1-2-10(8-11)9-17)20-21-6-4-12(18-5-7-22)19-15(13)21/h1-4,6,8,22H,5,7H2,(H,18,19). The van der Waals surface area contributed by atoms with E-state index >= 15 is 0 Å². The van der Waals surface area contributed by atoms with Crippen LogP contribution in [0.5, 0.6) is 0 Å². The molecule has 0 aliphatic carbocycles. The maximum atomic E-state index is 9.01. The molecule has 0 saturated carbocycles. The summed E-state index contributed by atoms with van der Waals surface area (Å²) in [5.74, 6) is 0.666. The summed E-state index contributed by atoms with van der Waals surface area (Å²) in [7, 11) is 0. The maximum absolute atomic E-state index is 9.01. The second kappa shape index (κ2) is 6.13. The Bertz CT molecular complexity index is 868. The van der Waals surface area contributed by atoms with Gasteiger partial charge in [0.2, 0.25) is 0 Å². The van der Waals surface area contributed by atoms with E-state index in [9.17, 15) is 0 Å². The van der Waals surface area contributed by atoms with Gasteiger partial charge < -0.3 is 10.4 Å². The molecule has 0 saturated heterocycles. The van der Waals surface area contributed by atoms with Crippen molar-refractivity contribution in [3.05, 3.63) is 46.6 Å². The van der Waals surface area contributed by atoms with Crippen molar-refractivity contribution in [2.24, 2.45) is 0 Å². The molecular weight excluding hydrogens is 346 g/mol. The molecule has 0 amide bonds. The van der Waals surface area contributed by atoms with Crippen LogP contribution in [-0.4, -0.2) is 32.9 Å². The van der Waals surface area contributed by atoms with E-state index in [4.69, 9.17) is 10.4 Å². The second-order valence-electron chi connectivity index (χ2n) is 4.59. The zero-order chi connectivity index (χ0) is 15.5. The summed E-state index contributed by atoms with van der Waals surface area (Å²) < 4.78 is 2.43. The molecule has 7 heteroatoms. The Balaban J connectivity index is 2.07. The van der Waals surface area contributed by atoms with Crippen molar-refractivity contribution in [3.63, 3.8) is 0 Å². The van der Waals surface area contributed by atoms with E-state index in [1.54, 1.807) is 28.9 Å². The number of aliphatic hydroxyl groups is 1. The molecule has 2 N–H and O–H groups in total. The van der Waals surface area contributed by atoms with Gasteiger partial charge in [0.05, 0.1) is 22.7 Å². The molecule has 0 unspecified atom stereocenters. The zero-order valence-corrected chi connectivity index (χ0v) is 13.1. The van der Waals surface area contributed by atoms with E-state index in [0.717, 1.165) is 15.7 Å². The van der Waals surface area contributed by atoms with Crippen LogP contribution in [0, 0.1) is 11.3 Å². The molecule has 0 bridgehead atoms. The number of halogens is 1. The van der Waals surface area contributed by atoms with Gasteiger partial charge in [-0.1, -0.05) is 12.1 Å². The van der Waals surface area contributed by atoms with Gasteiger partial charge in [-0.2, -0.15) is 10.4 Å². The van der Waals surface area contributed by atoms with Crippen LogP contribution in [0.1, 0.15) is 5.56 Å². The highest BCUT2D eigenvalue weighted by Crippen LogP contribution is 2.30. The monoisotopic (exact) mass is 357 g/mol. The number of nitrogens with one attached hydrogen (secondary N) is 1. The van der Waals surface area contributed by atoms with Crippen LogP contribution in [0.2, 0.25) is 0 Å². The lowest BCUT2D eigenvalue weighted by atomic mass is 10.1. The van der Waals surface area contributed by atoms with Crippen molar-refractivity contribution in [2.75, 3.05) is 18.5 Å². The van der Waals surface area contributed by atoms with Crippen LogP contribution < -0.4 is 5.32 Å². The number of fused-ring (bicyclic) bond motifs is 1. The van der Waals surface area contributed by atoms with Crippen LogP contribution in [0.15, 0.2) is 41.0 Å². The third kappa shape index (κ3) is 2.66. The number of aromatic nitrogens is 3. The summed E-state index contributed by atoms with van der Waals surface area (Å²) in [5.41, 5.74) is 2.82. The van der Waals surface area contributed by atoms with E-state index in [1.165, 1.54) is 0 Å². The van der Waals surface area contributed by atoms with Gasteiger partial charge in [0.25, 0.3) is 0 Å². The number of benzene rings is 1. The van der Waals surface area contributed by atoms with Gasteiger partial charge >= 0.3 is 0 Å². The quantitative estimate of drug-likeness (QED) is 0.748. The third-order valence-electron chi connectivity index (χ3n) is 3.11. The van der Waals surface area contributed by atoms with Gasteiger partial charge in [-0.05, 0) is 34.1 Å². The van der Waals surface area contributed by atoms with Crippen molar-refractivity contribution in [1.82, 2.24) is 14.6 Å². The largest absolute Gasteiger partial charge is 0.395 e. The molecule has 2 heterocycles. The van der Waals surface area contributed by atoms with E-state index in [0.29, 0.717) is 23.6 Å². The molecule has 1 aromatic carbocycles. The molecule has 110 valence electrons. The van der Waals surface area contributed by atoms with E-state index in [2.05, 4.69) is 37.4 Å². The summed E-state index contributed by atoms with van der Waals surface area (Å²) in [6.45, 7) is 0.478. The smallest absolute Gasteiger partial charge is 0.172 e. The van der Waals surface area contributed by atoms with Gasteiger partial charge in [-0.3, -0.25) is 0 Å². The number of hydrogen-bond donors (Lipinski definition) is 2. The third-order valence-corrected chi connectivity index (χ3v) is 3.84. The first-order valence-corrected chi connectivity index (χ1v) is 7.42. The number of anilines is 1. The average molecular weight is 358 g/mol. The first-order chi connectivity index (χ1) is 10.7. The van der Waals surface area contributed by atoms with Gasteiger partial charge in [-0.25, -0.2) is 9.50 Å². The molecule has 6 nitrogen and oxygen atoms in total. The lowest BCUT2D eigenvalue weighted by Crippen LogP contribution is -2.07. The lowest BCUT2D eigenvalue weighted by molar-refractivity contribution is 0.311. The minimum absolute atomic E-state index is 0.0412. The van der Waals surface area contributed by atoms with Crippen LogP contribution in [-0.2, 0) is 0 Å². The molecule has 0 fully saturated rings. The van der Waals surface area contributed by atoms with Gasteiger partial charge in [0, 0.05) is 18.3 Å². The van der Waals surface area contributed by atoms with Crippen molar-refractivity contribution >= 4 is 27.4 Å². The average Bonchev–Trinajstić information content (AvgIpc) is 2.89. The molecule has 0 aliphatic rings. The molecular formula is C15H12BrN5O. The summed E-state index contributed by atoms with van der Waals surface area (Å²) in [4.78, 5) is 4.47. The van der Waals surface area contributed by atoms with Crippen molar-refractivity contribution in [3.8, 4) is 17.3 Å². The van der Waals surface area contributed by atoms with E-state index in [-0.39, 0.29) is 6.61 Å². The Kier molecular flexibility index (Phi) is 4.04. The number of nitrogens with zero attached hydrogens (tertiary/aromatic N) is 4. The van der Waals surface area contributed by atoms with Gasteiger partial charge in [0.1, 0.15) is 11.5 Å². The molecule has 22 heavy (non-hydrogen) atoms. The number of rotatable bonds is 4. The molecule has 3 aromatic rings. The minimum atomic E-state index is 0.0412. The van der Waals surface area contributed by atoms with Crippen LogP contribution in [0.3, 0.4) is 0 Å². The fourth-order valence-corrected chi connectivity index (χ4v) is 2.68. The Morgan fingerprint density at radius 2 is 2.23 bits per heavy atom. The number of nitriles is 1. The predicted molar refractivity (Wildman–Crippen MR) is 86.4 cm³/mol. The van der Waals surface area contributed by atoms with E-state index in [1.807, 2.05) is 12.1 Å². The molecule has 0 spiro atoms. The Morgan fingerprint density at radius 3 is 3.00 bits per heavy atom. The fourth-order valence-electron chi connectivity index (χ4n) is 2.11.